The van der Waals surface area contributed by atoms with Crippen LogP contribution in [0.2, 0.25) is 0 Å². The first-order valence-electron chi connectivity index (χ1n) is 6.49. The molecule has 0 saturated heterocycles. The van der Waals surface area contributed by atoms with Crippen LogP contribution >= 0.6 is 0 Å². The molecule has 2 nitrogen and oxygen atoms in total. The highest BCUT2D eigenvalue weighted by atomic mass is 16.3. The maximum absolute atomic E-state index is 10.1. The highest BCUT2D eigenvalue weighted by Gasteiger charge is 2.33. The summed E-state index contributed by atoms with van der Waals surface area (Å²) in [7, 11) is 2.10. The molecule has 0 heterocycles. The SMILES string of the molecule is Cc1ccc(C(O)CN(C)CC2CC2C)cc1. The molecule has 17 heavy (non-hydrogen) atoms. The van der Waals surface area contributed by atoms with Crippen LogP contribution in [-0.4, -0.2) is 30.1 Å². The standard InChI is InChI=1S/C15H23NO/c1-11-4-6-13(7-5-11)15(17)10-16(3)9-14-8-12(14)2/h4-7,12,14-15,17H,8-10H2,1-3H3. The van der Waals surface area contributed by atoms with Gasteiger partial charge in [-0.2, -0.15) is 0 Å². The summed E-state index contributed by atoms with van der Waals surface area (Å²) < 4.78 is 0. The molecule has 0 bridgehead atoms. The van der Waals surface area contributed by atoms with Crippen LogP contribution in [0.5, 0.6) is 0 Å². The van der Waals surface area contributed by atoms with Crippen molar-refractivity contribution in [2.45, 2.75) is 26.4 Å². The lowest BCUT2D eigenvalue weighted by atomic mass is 10.1. The average molecular weight is 233 g/mol. The normalized spacial score (nSPS) is 25.0. The summed E-state index contributed by atoms with van der Waals surface area (Å²) in [5.41, 5.74) is 2.26. The quantitative estimate of drug-likeness (QED) is 0.845. The van der Waals surface area contributed by atoms with Gasteiger partial charge >= 0.3 is 0 Å². The van der Waals surface area contributed by atoms with Crippen molar-refractivity contribution < 1.29 is 5.11 Å². The molecule has 1 aromatic rings. The van der Waals surface area contributed by atoms with E-state index in [1.54, 1.807) is 0 Å². The van der Waals surface area contributed by atoms with Crippen LogP contribution in [-0.2, 0) is 0 Å². The van der Waals surface area contributed by atoms with Crippen molar-refractivity contribution in [1.29, 1.82) is 0 Å². The maximum atomic E-state index is 10.1. The predicted molar refractivity (Wildman–Crippen MR) is 70.9 cm³/mol. The number of hydrogen-bond donors (Lipinski definition) is 1. The van der Waals surface area contributed by atoms with E-state index >= 15 is 0 Å². The van der Waals surface area contributed by atoms with Gasteiger partial charge in [0.15, 0.2) is 0 Å². The minimum atomic E-state index is -0.366. The molecule has 94 valence electrons. The Balaban J connectivity index is 1.83. The van der Waals surface area contributed by atoms with Gasteiger partial charge in [0.1, 0.15) is 0 Å². The molecule has 0 spiro atoms. The number of aryl methyl sites for hydroxylation is 1. The highest BCUT2D eigenvalue weighted by Crippen LogP contribution is 2.38. The number of hydrogen-bond acceptors (Lipinski definition) is 2. The van der Waals surface area contributed by atoms with Crippen LogP contribution in [0.25, 0.3) is 0 Å². The Kier molecular flexibility index (Phi) is 3.85. The fourth-order valence-corrected chi connectivity index (χ4v) is 2.32. The lowest BCUT2D eigenvalue weighted by Gasteiger charge is -2.20. The van der Waals surface area contributed by atoms with Gasteiger partial charge in [-0.15, -0.1) is 0 Å². The molecule has 1 aliphatic rings. The van der Waals surface area contributed by atoms with Crippen LogP contribution in [0.15, 0.2) is 24.3 Å². The maximum Gasteiger partial charge on any atom is 0.0916 e. The summed E-state index contributed by atoms with van der Waals surface area (Å²) in [6.07, 6.45) is 0.986. The molecule has 3 unspecified atom stereocenters. The van der Waals surface area contributed by atoms with E-state index in [-0.39, 0.29) is 6.10 Å². The van der Waals surface area contributed by atoms with E-state index in [1.165, 1.54) is 12.0 Å². The minimum Gasteiger partial charge on any atom is -0.387 e. The molecular formula is C15H23NO. The van der Waals surface area contributed by atoms with Gasteiger partial charge < -0.3 is 10.0 Å². The van der Waals surface area contributed by atoms with Crippen LogP contribution in [0.4, 0.5) is 0 Å². The fraction of sp³-hybridized carbons (Fsp3) is 0.600. The molecule has 1 aliphatic carbocycles. The topological polar surface area (TPSA) is 23.5 Å². The molecule has 1 N–H and O–H groups in total. The summed E-state index contributed by atoms with van der Waals surface area (Å²) in [4.78, 5) is 2.25. The monoisotopic (exact) mass is 233 g/mol. The molecule has 3 atom stereocenters. The Morgan fingerprint density at radius 2 is 1.94 bits per heavy atom. The zero-order valence-electron chi connectivity index (χ0n) is 11.1. The van der Waals surface area contributed by atoms with E-state index in [0.717, 1.165) is 30.5 Å². The van der Waals surface area contributed by atoms with Gasteiger partial charge in [0.25, 0.3) is 0 Å². The zero-order chi connectivity index (χ0) is 12.4. The van der Waals surface area contributed by atoms with E-state index < -0.39 is 0 Å². The molecule has 1 saturated carbocycles. The van der Waals surface area contributed by atoms with E-state index in [0.29, 0.717) is 0 Å². The molecular weight excluding hydrogens is 210 g/mol. The molecule has 2 heteroatoms. The van der Waals surface area contributed by atoms with Gasteiger partial charge in [-0.25, -0.2) is 0 Å². The fourth-order valence-electron chi connectivity index (χ4n) is 2.32. The molecule has 0 radical (unpaired) electrons. The number of nitrogens with zero attached hydrogens (tertiary/aromatic N) is 1. The smallest absolute Gasteiger partial charge is 0.0916 e. The summed E-state index contributed by atoms with van der Waals surface area (Å²) in [5.74, 6) is 1.74. The van der Waals surface area contributed by atoms with Gasteiger partial charge in [0.05, 0.1) is 6.10 Å². The summed E-state index contributed by atoms with van der Waals surface area (Å²) >= 11 is 0. The van der Waals surface area contributed by atoms with Crippen molar-refractivity contribution in [1.82, 2.24) is 4.90 Å². The Morgan fingerprint density at radius 1 is 1.35 bits per heavy atom. The number of aliphatic hydroxyl groups excluding tert-OH is 1. The predicted octanol–water partition coefficient (Wildman–Crippen LogP) is 2.62. The van der Waals surface area contributed by atoms with Crippen LogP contribution in [0.1, 0.15) is 30.6 Å². The number of aliphatic hydroxyl groups is 1. The number of likely N-dealkylation sites (N-methyl/N-ethyl adjacent to an activating group) is 1. The second-order valence-corrected chi connectivity index (χ2v) is 5.62. The lowest BCUT2D eigenvalue weighted by Crippen LogP contribution is -2.27. The molecule has 1 fully saturated rings. The lowest BCUT2D eigenvalue weighted by molar-refractivity contribution is 0.124. The highest BCUT2D eigenvalue weighted by molar-refractivity contribution is 5.23. The second kappa shape index (κ2) is 5.19. The van der Waals surface area contributed by atoms with Crippen molar-refractivity contribution in [3.05, 3.63) is 35.4 Å². The van der Waals surface area contributed by atoms with Gasteiger partial charge in [0.2, 0.25) is 0 Å². The summed E-state index contributed by atoms with van der Waals surface area (Å²) in [6.45, 7) is 6.21. The van der Waals surface area contributed by atoms with Crippen molar-refractivity contribution >= 4 is 0 Å². The third kappa shape index (κ3) is 3.55. The summed E-state index contributed by atoms with van der Waals surface area (Å²) in [6, 6.07) is 8.16. The molecule has 0 amide bonds. The van der Waals surface area contributed by atoms with Crippen LogP contribution in [0, 0.1) is 18.8 Å². The first-order chi connectivity index (χ1) is 8.06. The largest absolute Gasteiger partial charge is 0.387 e. The van der Waals surface area contributed by atoms with Gasteiger partial charge in [-0.1, -0.05) is 36.8 Å². The first-order valence-corrected chi connectivity index (χ1v) is 6.49. The van der Waals surface area contributed by atoms with Crippen molar-refractivity contribution in [2.24, 2.45) is 11.8 Å². The minimum absolute atomic E-state index is 0.366. The van der Waals surface area contributed by atoms with Crippen LogP contribution in [0.3, 0.4) is 0 Å². The number of benzene rings is 1. The van der Waals surface area contributed by atoms with Gasteiger partial charge in [-0.05, 0) is 37.8 Å². The summed E-state index contributed by atoms with van der Waals surface area (Å²) in [5, 5.41) is 10.1. The first kappa shape index (κ1) is 12.6. The van der Waals surface area contributed by atoms with Gasteiger partial charge in [-0.3, -0.25) is 0 Å². The second-order valence-electron chi connectivity index (χ2n) is 5.62. The van der Waals surface area contributed by atoms with Crippen molar-refractivity contribution in [2.75, 3.05) is 20.1 Å². The zero-order valence-corrected chi connectivity index (χ0v) is 11.1. The van der Waals surface area contributed by atoms with Crippen molar-refractivity contribution in [3.63, 3.8) is 0 Å². The Bertz CT molecular complexity index is 360. The van der Waals surface area contributed by atoms with Gasteiger partial charge in [0, 0.05) is 13.1 Å². The molecule has 0 aliphatic heterocycles. The van der Waals surface area contributed by atoms with E-state index in [1.807, 2.05) is 12.1 Å². The van der Waals surface area contributed by atoms with E-state index in [9.17, 15) is 5.11 Å². The van der Waals surface area contributed by atoms with Crippen LogP contribution < -0.4 is 0 Å². The molecule has 2 rings (SSSR count). The molecule has 1 aromatic carbocycles. The third-order valence-electron chi connectivity index (χ3n) is 3.77. The number of rotatable bonds is 5. The Labute approximate surface area is 104 Å². The average Bonchev–Trinajstić information content (AvgIpc) is 2.94. The molecule has 0 aromatic heterocycles. The Morgan fingerprint density at radius 3 is 2.47 bits per heavy atom. The third-order valence-corrected chi connectivity index (χ3v) is 3.77. The van der Waals surface area contributed by atoms with E-state index in [4.69, 9.17) is 0 Å². The Hall–Kier alpha value is -0.860. The van der Waals surface area contributed by atoms with Crippen molar-refractivity contribution in [3.8, 4) is 0 Å². The van der Waals surface area contributed by atoms with E-state index in [2.05, 4.69) is 37.9 Å².